The van der Waals surface area contributed by atoms with E-state index in [0.717, 1.165) is 27.6 Å². The fourth-order valence-corrected chi connectivity index (χ4v) is 3.55. The minimum absolute atomic E-state index is 0.0850. The van der Waals surface area contributed by atoms with Gasteiger partial charge in [-0.1, -0.05) is 18.2 Å². The monoisotopic (exact) mass is 389 g/mol. The van der Waals surface area contributed by atoms with E-state index in [2.05, 4.69) is 15.3 Å². The Hall–Kier alpha value is -3.45. The Balaban J connectivity index is 1.49. The summed E-state index contributed by atoms with van der Waals surface area (Å²) in [4.78, 5) is 33.6. The number of carbonyl (C=O) groups is 2. The number of nitrogens with one attached hydrogen (secondary N) is 2. The highest BCUT2D eigenvalue weighted by molar-refractivity contribution is 5.97. The quantitative estimate of drug-likeness (QED) is 0.597. The summed E-state index contributed by atoms with van der Waals surface area (Å²) < 4.78 is 0. The minimum atomic E-state index is -0.576. The Labute approximate surface area is 168 Å². The van der Waals surface area contributed by atoms with Gasteiger partial charge in [0.05, 0.1) is 12.1 Å². The van der Waals surface area contributed by atoms with Crippen LogP contribution in [0.5, 0.6) is 0 Å². The van der Waals surface area contributed by atoms with Crippen molar-refractivity contribution in [1.29, 1.82) is 0 Å². The maximum Gasteiger partial charge on any atom is 0.246 e. The second-order valence-electron chi connectivity index (χ2n) is 7.32. The summed E-state index contributed by atoms with van der Waals surface area (Å²) in [5.41, 5.74) is 9.58. The molecule has 0 aliphatic carbocycles. The lowest BCUT2D eigenvalue weighted by Gasteiger charge is -2.23. The molecule has 2 atom stereocenters. The number of benzene rings is 1. The molecule has 29 heavy (non-hydrogen) atoms. The number of amides is 2. The first kappa shape index (κ1) is 18.9. The molecule has 0 fully saturated rings. The Morgan fingerprint density at radius 1 is 1.38 bits per heavy atom. The molecule has 2 amide bonds. The summed E-state index contributed by atoms with van der Waals surface area (Å²) in [6.07, 6.45) is 7.28. The first-order valence-corrected chi connectivity index (χ1v) is 9.50. The highest BCUT2D eigenvalue weighted by Gasteiger charge is 2.23. The number of aromatic amines is 1. The lowest BCUT2D eigenvalue weighted by Crippen LogP contribution is -2.41. The molecular formula is C22H23N5O2. The molecule has 3 heterocycles. The van der Waals surface area contributed by atoms with E-state index >= 15 is 0 Å². The first-order valence-electron chi connectivity index (χ1n) is 9.50. The molecule has 7 nitrogen and oxygen atoms in total. The summed E-state index contributed by atoms with van der Waals surface area (Å²) in [6, 6.07) is 9.28. The molecule has 0 saturated carbocycles. The number of likely N-dealkylation sites (N-methyl/N-ethyl adjacent to an activating group) is 1. The van der Waals surface area contributed by atoms with Crippen LogP contribution in [0.3, 0.4) is 0 Å². The number of nitrogens with two attached hydrogens (primary N) is 1. The van der Waals surface area contributed by atoms with Gasteiger partial charge in [0.2, 0.25) is 11.8 Å². The fourth-order valence-electron chi connectivity index (χ4n) is 3.55. The van der Waals surface area contributed by atoms with Gasteiger partial charge >= 0.3 is 0 Å². The number of nitrogens with zero attached hydrogens (tertiary/aromatic N) is 2. The zero-order chi connectivity index (χ0) is 20.5. The Morgan fingerprint density at radius 2 is 2.17 bits per heavy atom. The van der Waals surface area contributed by atoms with Gasteiger partial charge < -0.3 is 20.9 Å². The SMILES string of the molecule is CC(c1c[nH]c2ccccc12)N(C)C(=O)/C=C/c1cnc2c(c1)CC(N)C(=O)N2. The van der Waals surface area contributed by atoms with E-state index in [1.165, 1.54) is 6.08 Å². The Kier molecular flexibility index (Phi) is 4.90. The van der Waals surface area contributed by atoms with Gasteiger partial charge in [0.25, 0.3) is 0 Å². The van der Waals surface area contributed by atoms with E-state index in [1.54, 1.807) is 24.2 Å². The Morgan fingerprint density at radius 3 is 3.00 bits per heavy atom. The van der Waals surface area contributed by atoms with Gasteiger partial charge in [0.15, 0.2) is 0 Å². The highest BCUT2D eigenvalue weighted by Crippen LogP contribution is 2.27. The third kappa shape index (κ3) is 3.64. The molecule has 1 aliphatic rings. The fraction of sp³-hybridized carbons (Fsp3) is 0.227. The van der Waals surface area contributed by atoms with Crippen molar-refractivity contribution in [2.75, 3.05) is 12.4 Å². The van der Waals surface area contributed by atoms with Crippen molar-refractivity contribution in [3.8, 4) is 0 Å². The largest absolute Gasteiger partial charge is 0.361 e. The van der Waals surface area contributed by atoms with Crippen molar-refractivity contribution < 1.29 is 9.59 Å². The average Bonchev–Trinajstić information content (AvgIpc) is 3.16. The number of para-hydroxylation sites is 1. The van der Waals surface area contributed by atoms with Gasteiger partial charge in [-0.2, -0.15) is 0 Å². The predicted molar refractivity (Wildman–Crippen MR) is 113 cm³/mol. The van der Waals surface area contributed by atoms with Gasteiger partial charge in [-0.15, -0.1) is 0 Å². The summed E-state index contributed by atoms with van der Waals surface area (Å²) in [6.45, 7) is 2.01. The summed E-state index contributed by atoms with van der Waals surface area (Å²) in [7, 11) is 1.79. The molecule has 1 aromatic carbocycles. The van der Waals surface area contributed by atoms with Crippen molar-refractivity contribution >= 4 is 34.6 Å². The number of fused-ring (bicyclic) bond motifs is 2. The van der Waals surface area contributed by atoms with Crippen LogP contribution in [0.1, 0.15) is 29.7 Å². The molecule has 0 saturated heterocycles. The summed E-state index contributed by atoms with van der Waals surface area (Å²) >= 11 is 0. The summed E-state index contributed by atoms with van der Waals surface area (Å²) in [5.74, 6) is 0.201. The van der Waals surface area contributed by atoms with Crippen molar-refractivity contribution in [1.82, 2.24) is 14.9 Å². The van der Waals surface area contributed by atoms with E-state index in [4.69, 9.17) is 5.73 Å². The normalized spacial score (nSPS) is 17.2. The second kappa shape index (κ2) is 7.52. The number of hydrogen-bond acceptors (Lipinski definition) is 4. The van der Waals surface area contributed by atoms with E-state index in [0.29, 0.717) is 12.2 Å². The van der Waals surface area contributed by atoms with E-state index < -0.39 is 6.04 Å². The molecule has 148 valence electrons. The van der Waals surface area contributed by atoms with Crippen molar-refractivity contribution in [3.63, 3.8) is 0 Å². The number of H-pyrrole nitrogens is 1. The smallest absolute Gasteiger partial charge is 0.246 e. The maximum absolute atomic E-state index is 12.7. The molecule has 2 unspecified atom stereocenters. The number of pyridine rings is 1. The van der Waals surface area contributed by atoms with Crippen LogP contribution in [0, 0.1) is 0 Å². The zero-order valence-electron chi connectivity index (χ0n) is 16.3. The molecule has 4 N–H and O–H groups in total. The standard InChI is InChI=1S/C22H23N5O2/c1-13(17-12-24-19-6-4-3-5-16(17)19)27(2)20(28)8-7-14-9-15-10-18(23)22(29)26-21(15)25-11-14/h3-9,11-13,18,24H,10,23H2,1-2H3,(H,25,26,29)/b8-7+. The van der Waals surface area contributed by atoms with Crippen LogP contribution >= 0.6 is 0 Å². The number of carbonyl (C=O) groups excluding carboxylic acids is 2. The number of rotatable bonds is 4. The molecule has 4 rings (SSSR count). The number of hydrogen-bond donors (Lipinski definition) is 3. The van der Waals surface area contributed by atoms with E-state index in [9.17, 15) is 9.59 Å². The van der Waals surface area contributed by atoms with Crippen LogP contribution in [0.2, 0.25) is 0 Å². The average molecular weight is 389 g/mol. The van der Waals surface area contributed by atoms with Gasteiger partial charge in [0, 0.05) is 42.8 Å². The highest BCUT2D eigenvalue weighted by atomic mass is 16.2. The minimum Gasteiger partial charge on any atom is -0.361 e. The van der Waals surface area contributed by atoms with Crippen LogP contribution < -0.4 is 11.1 Å². The zero-order valence-corrected chi connectivity index (χ0v) is 16.3. The second-order valence-corrected chi connectivity index (χ2v) is 7.32. The molecule has 0 spiro atoms. The Bertz CT molecular complexity index is 1120. The van der Waals surface area contributed by atoms with Gasteiger partial charge in [0.1, 0.15) is 5.82 Å². The predicted octanol–water partition coefficient (Wildman–Crippen LogP) is 2.62. The van der Waals surface area contributed by atoms with Crippen LogP contribution in [0.25, 0.3) is 17.0 Å². The summed E-state index contributed by atoms with van der Waals surface area (Å²) in [5, 5.41) is 3.80. The van der Waals surface area contributed by atoms with Gasteiger partial charge in [-0.25, -0.2) is 4.98 Å². The first-order chi connectivity index (χ1) is 13.9. The molecule has 0 radical (unpaired) electrons. The van der Waals surface area contributed by atoms with Crippen molar-refractivity contribution in [2.24, 2.45) is 5.73 Å². The number of anilines is 1. The van der Waals surface area contributed by atoms with Crippen LogP contribution in [0.15, 0.2) is 48.8 Å². The van der Waals surface area contributed by atoms with Gasteiger partial charge in [-0.05, 0) is 41.8 Å². The lowest BCUT2D eigenvalue weighted by atomic mass is 10.0. The third-order valence-electron chi connectivity index (χ3n) is 5.42. The number of aromatic nitrogens is 2. The van der Waals surface area contributed by atoms with Gasteiger partial charge in [-0.3, -0.25) is 9.59 Å². The molecule has 7 heteroatoms. The van der Waals surface area contributed by atoms with Crippen LogP contribution in [0.4, 0.5) is 5.82 Å². The van der Waals surface area contributed by atoms with Crippen molar-refractivity contribution in [3.05, 3.63) is 65.5 Å². The third-order valence-corrected chi connectivity index (χ3v) is 5.42. The molecule has 2 aromatic heterocycles. The topological polar surface area (TPSA) is 104 Å². The van der Waals surface area contributed by atoms with E-state index in [1.807, 2.05) is 43.5 Å². The lowest BCUT2D eigenvalue weighted by molar-refractivity contribution is -0.126. The van der Waals surface area contributed by atoms with Crippen molar-refractivity contribution in [2.45, 2.75) is 25.4 Å². The molecular weight excluding hydrogens is 366 g/mol. The van der Waals surface area contributed by atoms with E-state index in [-0.39, 0.29) is 17.9 Å². The van der Waals surface area contributed by atoms with Crippen LogP contribution in [-0.2, 0) is 16.0 Å². The van der Waals surface area contributed by atoms with Crippen LogP contribution in [-0.4, -0.2) is 39.8 Å². The molecule has 1 aliphatic heterocycles. The molecule has 3 aromatic rings. The maximum atomic E-state index is 12.7. The molecule has 0 bridgehead atoms.